The number of ether oxygens (including phenoxy) is 1. The molecule has 0 N–H and O–H groups in total. The van der Waals surface area contributed by atoms with Crippen LogP contribution < -0.4 is 4.74 Å². The lowest BCUT2D eigenvalue weighted by molar-refractivity contribution is 0.288. The average Bonchev–Trinajstić information content (AvgIpc) is 3.00. The third kappa shape index (κ3) is 3.96. The standard InChI is InChI=1S/C16H16N4O3S/c1-24(21,22)15-9-7-14(8-10-15)23-12-16-17-18-19-20(16)11-13-5-3-2-4-6-13/h2-10H,11-12H2,1H3. The van der Waals surface area contributed by atoms with Gasteiger partial charge >= 0.3 is 0 Å². The summed E-state index contributed by atoms with van der Waals surface area (Å²) in [6.45, 7) is 0.748. The molecule has 24 heavy (non-hydrogen) atoms. The minimum Gasteiger partial charge on any atom is -0.486 e. The van der Waals surface area contributed by atoms with Gasteiger partial charge in [-0.05, 0) is 40.3 Å². The van der Waals surface area contributed by atoms with Crippen LogP contribution in [0.4, 0.5) is 0 Å². The molecule has 1 aromatic heterocycles. The van der Waals surface area contributed by atoms with E-state index >= 15 is 0 Å². The average molecular weight is 344 g/mol. The van der Waals surface area contributed by atoms with E-state index in [0.29, 0.717) is 18.1 Å². The first-order valence-corrected chi connectivity index (χ1v) is 9.13. The van der Waals surface area contributed by atoms with E-state index < -0.39 is 9.84 Å². The Bertz CT molecular complexity index is 906. The van der Waals surface area contributed by atoms with Gasteiger partial charge in [-0.2, -0.15) is 0 Å². The van der Waals surface area contributed by atoms with E-state index in [-0.39, 0.29) is 11.5 Å². The van der Waals surface area contributed by atoms with Gasteiger partial charge in [-0.15, -0.1) is 5.10 Å². The largest absolute Gasteiger partial charge is 0.486 e. The Labute approximate surface area is 139 Å². The predicted molar refractivity (Wildman–Crippen MR) is 87.2 cm³/mol. The molecular formula is C16H16N4O3S. The van der Waals surface area contributed by atoms with Crippen molar-refractivity contribution >= 4 is 9.84 Å². The van der Waals surface area contributed by atoms with Crippen molar-refractivity contribution in [2.45, 2.75) is 18.0 Å². The van der Waals surface area contributed by atoms with Crippen LogP contribution in [0.15, 0.2) is 59.5 Å². The van der Waals surface area contributed by atoms with Crippen LogP contribution in [0.1, 0.15) is 11.4 Å². The highest BCUT2D eigenvalue weighted by Gasteiger charge is 2.09. The van der Waals surface area contributed by atoms with Crippen LogP contribution in [0.5, 0.6) is 5.75 Å². The maximum atomic E-state index is 11.4. The molecule has 8 heteroatoms. The molecule has 7 nitrogen and oxygen atoms in total. The summed E-state index contributed by atoms with van der Waals surface area (Å²) in [6, 6.07) is 16.1. The van der Waals surface area contributed by atoms with E-state index in [1.165, 1.54) is 18.4 Å². The van der Waals surface area contributed by atoms with Crippen LogP contribution in [0, 0.1) is 0 Å². The molecule has 1 heterocycles. The molecule has 0 aliphatic heterocycles. The van der Waals surface area contributed by atoms with Crippen LogP contribution in [-0.4, -0.2) is 34.9 Å². The summed E-state index contributed by atoms with van der Waals surface area (Å²) in [6.07, 6.45) is 1.17. The summed E-state index contributed by atoms with van der Waals surface area (Å²) in [5, 5.41) is 11.6. The lowest BCUT2D eigenvalue weighted by Gasteiger charge is -2.07. The Hall–Kier alpha value is -2.74. The van der Waals surface area contributed by atoms with Gasteiger partial charge in [0.2, 0.25) is 0 Å². The molecule has 0 spiro atoms. The molecule has 0 saturated heterocycles. The zero-order valence-corrected chi connectivity index (χ0v) is 13.8. The second-order valence-corrected chi connectivity index (χ2v) is 7.29. The van der Waals surface area contributed by atoms with Gasteiger partial charge in [-0.1, -0.05) is 30.3 Å². The van der Waals surface area contributed by atoms with Crippen molar-refractivity contribution in [1.29, 1.82) is 0 Å². The first kappa shape index (κ1) is 16.1. The van der Waals surface area contributed by atoms with Crippen LogP contribution in [-0.2, 0) is 23.0 Å². The fourth-order valence-electron chi connectivity index (χ4n) is 2.14. The van der Waals surface area contributed by atoms with Gasteiger partial charge in [0.25, 0.3) is 0 Å². The minimum absolute atomic E-state index is 0.193. The van der Waals surface area contributed by atoms with Crippen LogP contribution in [0.2, 0.25) is 0 Å². The van der Waals surface area contributed by atoms with E-state index in [4.69, 9.17) is 4.74 Å². The summed E-state index contributed by atoms with van der Waals surface area (Å²) < 4.78 is 30.2. The molecular weight excluding hydrogens is 328 g/mol. The number of aromatic nitrogens is 4. The molecule has 0 aliphatic carbocycles. The van der Waals surface area contributed by atoms with Gasteiger partial charge < -0.3 is 4.74 Å². The summed E-state index contributed by atoms with van der Waals surface area (Å²) in [5.74, 6) is 1.14. The highest BCUT2D eigenvalue weighted by Crippen LogP contribution is 2.16. The molecule has 0 amide bonds. The fraction of sp³-hybridized carbons (Fsp3) is 0.188. The summed E-state index contributed by atoms with van der Waals surface area (Å²) >= 11 is 0. The summed E-state index contributed by atoms with van der Waals surface area (Å²) in [4.78, 5) is 0.253. The Morgan fingerprint density at radius 1 is 1.04 bits per heavy atom. The van der Waals surface area contributed by atoms with Gasteiger partial charge in [0.05, 0.1) is 11.4 Å². The molecule has 2 aromatic carbocycles. The highest BCUT2D eigenvalue weighted by molar-refractivity contribution is 7.90. The van der Waals surface area contributed by atoms with Crippen LogP contribution >= 0.6 is 0 Å². The van der Waals surface area contributed by atoms with Gasteiger partial charge in [-0.3, -0.25) is 0 Å². The van der Waals surface area contributed by atoms with Crippen LogP contribution in [0.25, 0.3) is 0 Å². The third-order valence-corrected chi connectivity index (χ3v) is 4.53. The van der Waals surface area contributed by atoms with Crippen molar-refractivity contribution in [3.8, 4) is 5.75 Å². The van der Waals surface area contributed by atoms with Crippen molar-refractivity contribution in [2.75, 3.05) is 6.26 Å². The first-order valence-electron chi connectivity index (χ1n) is 7.24. The number of benzene rings is 2. The summed E-state index contributed by atoms with van der Waals surface area (Å²) in [7, 11) is -3.21. The van der Waals surface area contributed by atoms with Crippen molar-refractivity contribution in [3.05, 3.63) is 66.0 Å². The molecule has 3 aromatic rings. The van der Waals surface area contributed by atoms with Gasteiger partial charge in [0.15, 0.2) is 15.7 Å². The fourth-order valence-corrected chi connectivity index (χ4v) is 2.77. The molecule has 124 valence electrons. The molecule has 3 rings (SSSR count). The van der Waals surface area contributed by atoms with E-state index in [1.807, 2.05) is 30.3 Å². The first-order chi connectivity index (χ1) is 11.5. The van der Waals surface area contributed by atoms with E-state index in [1.54, 1.807) is 16.8 Å². The number of sulfone groups is 1. The smallest absolute Gasteiger partial charge is 0.189 e. The lowest BCUT2D eigenvalue weighted by Crippen LogP contribution is -2.09. The number of tetrazole rings is 1. The van der Waals surface area contributed by atoms with Crippen molar-refractivity contribution in [3.63, 3.8) is 0 Å². The molecule has 0 aliphatic rings. The highest BCUT2D eigenvalue weighted by atomic mass is 32.2. The number of hydrogen-bond donors (Lipinski definition) is 0. The molecule has 0 saturated carbocycles. The maximum Gasteiger partial charge on any atom is 0.189 e. The topological polar surface area (TPSA) is 87.0 Å². The van der Waals surface area contributed by atoms with Gasteiger partial charge in [0, 0.05) is 6.26 Å². The zero-order chi connectivity index (χ0) is 17.0. The van der Waals surface area contributed by atoms with Crippen molar-refractivity contribution in [1.82, 2.24) is 20.2 Å². The zero-order valence-electron chi connectivity index (χ0n) is 13.0. The van der Waals surface area contributed by atoms with E-state index in [2.05, 4.69) is 15.5 Å². The minimum atomic E-state index is -3.21. The lowest BCUT2D eigenvalue weighted by atomic mass is 10.2. The second-order valence-electron chi connectivity index (χ2n) is 5.27. The Morgan fingerprint density at radius 3 is 2.42 bits per heavy atom. The third-order valence-electron chi connectivity index (χ3n) is 3.40. The van der Waals surface area contributed by atoms with E-state index in [9.17, 15) is 8.42 Å². The predicted octanol–water partition coefficient (Wildman–Crippen LogP) is 1.70. The second kappa shape index (κ2) is 6.79. The molecule has 0 fully saturated rings. The van der Waals surface area contributed by atoms with Gasteiger partial charge in [-0.25, -0.2) is 13.1 Å². The van der Waals surface area contributed by atoms with E-state index in [0.717, 1.165) is 5.56 Å². The van der Waals surface area contributed by atoms with Crippen molar-refractivity contribution < 1.29 is 13.2 Å². The quantitative estimate of drug-likeness (QED) is 0.676. The van der Waals surface area contributed by atoms with Gasteiger partial charge in [0.1, 0.15) is 12.4 Å². The number of rotatable bonds is 6. The maximum absolute atomic E-state index is 11.4. The monoisotopic (exact) mass is 344 g/mol. The Balaban J connectivity index is 1.66. The van der Waals surface area contributed by atoms with Crippen LogP contribution in [0.3, 0.4) is 0 Å². The Kier molecular flexibility index (Phi) is 4.57. The van der Waals surface area contributed by atoms with Crippen molar-refractivity contribution in [2.24, 2.45) is 0 Å². The SMILES string of the molecule is CS(=O)(=O)c1ccc(OCc2nnnn2Cc2ccccc2)cc1. The summed E-state index contributed by atoms with van der Waals surface area (Å²) in [5.41, 5.74) is 1.09. The number of hydrogen-bond acceptors (Lipinski definition) is 6. The number of nitrogens with zero attached hydrogens (tertiary/aromatic N) is 4. The normalized spacial score (nSPS) is 11.4. The molecule has 0 atom stereocenters. The molecule has 0 radical (unpaired) electrons. The Morgan fingerprint density at radius 2 is 1.75 bits per heavy atom. The molecule has 0 bridgehead atoms. The molecule has 0 unspecified atom stereocenters.